The molecule has 6 heteroatoms. The molecule has 0 N–H and O–H groups in total. The largest absolute Gasteiger partial charge is 0.494 e. The van der Waals surface area contributed by atoms with E-state index in [9.17, 15) is 0 Å². The standard InChI is InChI=1S/C15H11Cl3N2O/c1-21-13-4-2-3-12-15(13)19-14(8-16)20(12)9-5-6-10(17)11(18)7-9/h2-7H,8H2,1H3. The van der Waals surface area contributed by atoms with Crippen LogP contribution < -0.4 is 4.74 Å². The first-order valence-electron chi connectivity index (χ1n) is 6.21. The quantitative estimate of drug-likeness (QED) is 0.621. The predicted octanol–water partition coefficient (Wildman–Crippen LogP) is 5.08. The van der Waals surface area contributed by atoms with Gasteiger partial charge in [0.1, 0.15) is 17.1 Å². The molecule has 0 aliphatic heterocycles. The molecule has 108 valence electrons. The van der Waals surface area contributed by atoms with Gasteiger partial charge in [0.05, 0.1) is 28.6 Å². The van der Waals surface area contributed by atoms with Crippen molar-refractivity contribution in [2.75, 3.05) is 7.11 Å². The summed E-state index contributed by atoms with van der Waals surface area (Å²) in [6, 6.07) is 11.2. The Balaban J connectivity index is 2.32. The highest BCUT2D eigenvalue weighted by Crippen LogP contribution is 2.31. The summed E-state index contributed by atoms with van der Waals surface area (Å²) in [7, 11) is 1.62. The third kappa shape index (κ3) is 2.46. The molecule has 3 nitrogen and oxygen atoms in total. The summed E-state index contributed by atoms with van der Waals surface area (Å²) in [5.41, 5.74) is 2.53. The van der Waals surface area contributed by atoms with Gasteiger partial charge in [0.2, 0.25) is 0 Å². The van der Waals surface area contributed by atoms with Crippen molar-refractivity contribution in [1.29, 1.82) is 0 Å². The van der Waals surface area contributed by atoms with Crippen molar-refractivity contribution in [3.05, 3.63) is 52.3 Å². The fourth-order valence-electron chi connectivity index (χ4n) is 2.29. The lowest BCUT2D eigenvalue weighted by Gasteiger charge is -2.09. The number of hydrogen-bond donors (Lipinski definition) is 0. The molecule has 0 aliphatic rings. The molecule has 0 spiro atoms. The van der Waals surface area contributed by atoms with Crippen LogP contribution in [0.3, 0.4) is 0 Å². The van der Waals surface area contributed by atoms with E-state index in [1.807, 2.05) is 28.8 Å². The van der Waals surface area contributed by atoms with Crippen molar-refractivity contribution in [1.82, 2.24) is 9.55 Å². The van der Waals surface area contributed by atoms with Gasteiger partial charge in [-0.25, -0.2) is 4.98 Å². The molecular formula is C15H11Cl3N2O. The van der Waals surface area contributed by atoms with Crippen LogP contribution in [0.5, 0.6) is 5.75 Å². The van der Waals surface area contributed by atoms with Crippen LogP contribution in [0, 0.1) is 0 Å². The fourth-order valence-corrected chi connectivity index (χ4v) is 2.76. The Kier molecular flexibility index (Phi) is 3.98. The number of para-hydroxylation sites is 1. The van der Waals surface area contributed by atoms with E-state index in [1.165, 1.54) is 0 Å². The lowest BCUT2D eigenvalue weighted by atomic mass is 10.2. The number of halogens is 3. The van der Waals surface area contributed by atoms with Gasteiger partial charge in [0.15, 0.2) is 0 Å². The molecular weight excluding hydrogens is 331 g/mol. The summed E-state index contributed by atoms with van der Waals surface area (Å²) in [6.45, 7) is 0. The van der Waals surface area contributed by atoms with E-state index in [0.717, 1.165) is 22.5 Å². The zero-order valence-corrected chi connectivity index (χ0v) is 13.4. The number of alkyl halides is 1. The number of ether oxygens (including phenoxy) is 1. The normalized spacial score (nSPS) is 11.0. The van der Waals surface area contributed by atoms with E-state index in [2.05, 4.69) is 4.98 Å². The lowest BCUT2D eigenvalue weighted by molar-refractivity contribution is 0.419. The minimum Gasteiger partial charge on any atom is -0.494 e. The maximum absolute atomic E-state index is 6.11. The molecule has 1 aromatic heterocycles. The molecule has 0 bridgehead atoms. The Morgan fingerprint density at radius 2 is 1.95 bits per heavy atom. The Labute approximate surface area is 137 Å². The topological polar surface area (TPSA) is 27.1 Å². The molecule has 2 aromatic carbocycles. The van der Waals surface area contributed by atoms with E-state index in [1.54, 1.807) is 19.2 Å². The van der Waals surface area contributed by atoms with Crippen LogP contribution in [0.1, 0.15) is 5.82 Å². The van der Waals surface area contributed by atoms with E-state index >= 15 is 0 Å². The van der Waals surface area contributed by atoms with E-state index in [0.29, 0.717) is 15.8 Å². The summed E-state index contributed by atoms with van der Waals surface area (Å²) in [6.07, 6.45) is 0. The number of aromatic nitrogens is 2. The van der Waals surface area contributed by atoms with Gasteiger partial charge in [-0.05, 0) is 30.3 Å². The van der Waals surface area contributed by atoms with Gasteiger partial charge in [-0.1, -0.05) is 29.3 Å². The monoisotopic (exact) mass is 340 g/mol. The zero-order valence-electron chi connectivity index (χ0n) is 11.1. The molecule has 3 aromatic rings. The Morgan fingerprint density at radius 3 is 2.62 bits per heavy atom. The summed E-state index contributed by atoms with van der Waals surface area (Å²) in [4.78, 5) is 4.56. The minimum atomic E-state index is 0.276. The van der Waals surface area contributed by atoms with Crippen LogP contribution in [0.2, 0.25) is 10.0 Å². The van der Waals surface area contributed by atoms with E-state index < -0.39 is 0 Å². The predicted molar refractivity (Wildman–Crippen MR) is 87.2 cm³/mol. The fraction of sp³-hybridized carbons (Fsp3) is 0.133. The number of rotatable bonds is 3. The first kappa shape index (κ1) is 14.5. The van der Waals surface area contributed by atoms with Gasteiger partial charge in [-0.15, -0.1) is 11.6 Å². The van der Waals surface area contributed by atoms with Crippen LogP contribution in [0.4, 0.5) is 0 Å². The average Bonchev–Trinajstić information content (AvgIpc) is 2.88. The van der Waals surface area contributed by atoms with Crippen molar-refractivity contribution in [2.24, 2.45) is 0 Å². The molecule has 21 heavy (non-hydrogen) atoms. The Morgan fingerprint density at radius 1 is 1.14 bits per heavy atom. The Hall–Kier alpha value is -1.42. The maximum atomic E-state index is 6.11. The van der Waals surface area contributed by atoms with Crippen LogP contribution in [-0.2, 0) is 5.88 Å². The first-order valence-corrected chi connectivity index (χ1v) is 7.50. The van der Waals surface area contributed by atoms with Gasteiger partial charge in [-0.2, -0.15) is 0 Å². The zero-order chi connectivity index (χ0) is 15.0. The number of benzene rings is 2. The second kappa shape index (κ2) is 5.76. The molecule has 0 aliphatic carbocycles. The van der Waals surface area contributed by atoms with Gasteiger partial charge in [0, 0.05) is 5.69 Å². The first-order chi connectivity index (χ1) is 10.2. The molecule has 0 saturated carbocycles. The minimum absolute atomic E-state index is 0.276. The number of fused-ring (bicyclic) bond motifs is 1. The number of imidazole rings is 1. The molecule has 0 unspecified atom stereocenters. The van der Waals surface area contributed by atoms with Crippen molar-refractivity contribution >= 4 is 45.8 Å². The average molecular weight is 342 g/mol. The molecule has 3 rings (SSSR count). The maximum Gasteiger partial charge on any atom is 0.146 e. The van der Waals surface area contributed by atoms with Crippen molar-refractivity contribution < 1.29 is 4.74 Å². The van der Waals surface area contributed by atoms with Gasteiger partial charge >= 0.3 is 0 Å². The molecule has 0 atom stereocenters. The van der Waals surface area contributed by atoms with Crippen molar-refractivity contribution in [3.63, 3.8) is 0 Å². The SMILES string of the molecule is COc1cccc2c1nc(CCl)n2-c1ccc(Cl)c(Cl)c1. The van der Waals surface area contributed by atoms with Crippen LogP contribution >= 0.6 is 34.8 Å². The lowest BCUT2D eigenvalue weighted by Crippen LogP contribution is -1.99. The third-order valence-corrected chi connectivity index (χ3v) is 4.20. The van der Waals surface area contributed by atoms with Gasteiger partial charge < -0.3 is 4.74 Å². The number of hydrogen-bond acceptors (Lipinski definition) is 2. The van der Waals surface area contributed by atoms with Crippen molar-refractivity contribution in [3.8, 4) is 11.4 Å². The third-order valence-electron chi connectivity index (χ3n) is 3.22. The molecule has 0 saturated heterocycles. The summed E-state index contributed by atoms with van der Waals surface area (Å²) in [5.74, 6) is 1.70. The smallest absolute Gasteiger partial charge is 0.146 e. The van der Waals surface area contributed by atoms with Crippen LogP contribution in [0.15, 0.2) is 36.4 Å². The number of methoxy groups -OCH3 is 1. The summed E-state index contributed by atoms with van der Waals surface area (Å²) >= 11 is 18.1. The molecule has 0 radical (unpaired) electrons. The summed E-state index contributed by atoms with van der Waals surface area (Å²) < 4.78 is 7.30. The van der Waals surface area contributed by atoms with Gasteiger partial charge in [-0.3, -0.25) is 4.57 Å². The molecule has 1 heterocycles. The highest BCUT2D eigenvalue weighted by atomic mass is 35.5. The van der Waals surface area contributed by atoms with Crippen molar-refractivity contribution in [2.45, 2.75) is 5.88 Å². The number of nitrogens with zero attached hydrogens (tertiary/aromatic N) is 2. The highest BCUT2D eigenvalue weighted by molar-refractivity contribution is 6.42. The second-order valence-corrected chi connectivity index (χ2v) is 5.51. The highest BCUT2D eigenvalue weighted by Gasteiger charge is 2.15. The summed E-state index contributed by atoms with van der Waals surface area (Å²) in [5, 5.41) is 0.995. The van der Waals surface area contributed by atoms with Gasteiger partial charge in [0.25, 0.3) is 0 Å². The van der Waals surface area contributed by atoms with Crippen LogP contribution in [0.25, 0.3) is 16.7 Å². The molecule has 0 fully saturated rings. The van der Waals surface area contributed by atoms with Crippen LogP contribution in [-0.4, -0.2) is 16.7 Å². The Bertz CT molecular complexity index is 814. The van der Waals surface area contributed by atoms with E-state index in [-0.39, 0.29) is 5.88 Å². The second-order valence-electron chi connectivity index (χ2n) is 4.42. The van der Waals surface area contributed by atoms with E-state index in [4.69, 9.17) is 39.5 Å². The molecule has 0 amide bonds.